The molecule has 0 fully saturated rings. The number of pyridine rings is 1. The molecule has 6 rings (SSSR count). The molecule has 6 heteroatoms. The minimum absolute atomic E-state index is 0. The standard InChI is InChI=1S/C29H26NOS.C15H28O2.Ir/c1-16-17(2)32-24-11-10-23-26(25(16)24)21-12-13-30-27(28(21)31-23)19-14-18-8-6-7-9-20(18)22(15-19)29(3,4)5;1-7-14(5,8-2)12(16)11-13(17)15(6,9-3)10-4;/h6-13,15-17H,1-5H3;11,16H,7-10H2,1-6H3;/q-1;;/b;12-11-;. The number of rotatable bonds is 8. The van der Waals surface area contributed by atoms with E-state index in [0.717, 1.165) is 58.9 Å². The Labute approximate surface area is 317 Å². The maximum absolute atomic E-state index is 12.2. The zero-order valence-corrected chi connectivity index (χ0v) is 34.9. The molecule has 0 saturated heterocycles. The van der Waals surface area contributed by atoms with Crippen molar-refractivity contribution in [1.29, 1.82) is 0 Å². The van der Waals surface area contributed by atoms with E-state index < -0.39 is 0 Å². The summed E-state index contributed by atoms with van der Waals surface area (Å²) in [7, 11) is 0. The third-order valence-corrected chi connectivity index (χ3v) is 12.9. The van der Waals surface area contributed by atoms with Crippen LogP contribution in [0, 0.1) is 16.9 Å². The molecule has 50 heavy (non-hydrogen) atoms. The first-order chi connectivity index (χ1) is 23.1. The van der Waals surface area contributed by atoms with Gasteiger partial charge in [-0.15, -0.1) is 40.9 Å². The number of furan rings is 1. The van der Waals surface area contributed by atoms with Crippen molar-refractivity contribution in [3.8, 4) is 11.3 Å². The van der Waals surface area contributed by atoms with Crippen LogP contribution in [-0.2, 0) is 30.3 Å². The molecule has 2 unspecified atom stereocenters. The largest absolute Gasteiger partial charge is 0.512 e. The van der Waals surface area contributed by atoms with Crippen molar-refractivity contribution in [2.45, 2.75) is 123 Å². The number of aliphatic hydroxyl groups excluding tert-OH is 1. The van der Waals surface area contributed by atoms with Crippen LogP contribution in [0.2, 0.25) is 0 Å². The van der Waals surface area contributed by atoms with Gasteiger partial charge in [0.25, 0.3) is 0 Å². The van der Waals surface area contributed by atoms with Gasteiger partial charge in [-0.1, -0.05) is 105 Å². The Balaban J connectivity index is 0.000000269. The molecule has 269 valence electrons. The van der Waals surface area contributed by atoms with E-state index >= 15 is 0 Å². The molecular weight excluding hydrogens is 815 g/mol. The molecule has 5 aromatic rings. The van der Waals surface area contributed by atoms with E-state index in [4.69, 9.17) is 9.40 Å². The Hall–Kier alpha value is -2.92. The van der Waals surface area contributed by atoms with Crippen LogP contribution in [0.15, 0.2) is 75.9 Å². The van der Waals surface area contributed by atoms with Crippen LogP contribution < -0.4 is 0 Å². The summed E-state index contributed by atoms with van der Waals surface area (Å²) in [4.78, 5) is 18.4. The second kappa shape index (κ2) is 15.4. The first kappa shape index (κ1) is 39.9. The summed E-state index contributed by atoms with van der Waals surface area (Å²) in [5, 5.41) is 15.5. The van der Waals surface area contributed by atoms with Crippen LogP contribution in [0.4, 0.5) is 0 Å². The number of carbonyl (C=O) groups excluding carboxylic acids is 1. The zero-order chi connectivity index (χ0) is 35.9. The average molecular weight is 869 g/mol. The molecule has 2 aromatic heterocycles. The second-order valence-corrected chi connectivity index (χ2v) is 16.8. The predicted octanol–water partition coefficient (Wildman–Crippen LogP) is 13.1. The number of aliphatic hydroxyl groups is 1. The van der Waals surface area contributed by atoms with Crippen molar-refractivity contribution in [2.24, 2.45) is 10.8 Å². The molecule has 2 atom stereocenters. The molecule has 0 aliphatic carbocycles. The molecule has 1 N–H and O–H groups in total. The van der Waals surface area contributed by atoms with Crippen LogP contribution >= 0.6 is 11.8 Å². The molecule has 0 saturated carbocycles. The molecule has 1 aliphatic rings. The number of aromatic nitrogens is 1. The number of carbonyl (C=O) groups is 1. The fourth-order valence-corrected chi connectivity index (χ4v) is 8.05. The van der Waals surface area contributed by atoms with Crippen LogP contribution in [-0.4, -0.2) is 21.1 Å². The van der Waals surface area contributed by atoms with Crippen LogP contribution in [0.25, 0.3) is 44.0 Å². The number of ketones is 1. The number of nitrogens with zero attached hydrogens (tertiary/aromatic N) is 1. The molecule has 0 amide bonds. The van der Waals surface area contributed by atoms with Gasteiger partial charge in [-0.3, -0.25) is 9.78 Å². The molecule has 4 nitrogen and oxygen atoms in total. The Morgan fingerprint density at radius 2 is 1.56 bits per heavy atom. The van der Waals surface area contributed by atoms with E-state index in [1.165, 1.54) is 32.9 Å². The van der Waals surface area contributed by atoms with Crippen molar-refractivity contribution < 1.29 is 34.4 Å². The minimum atomic E-state index is -0.337. The molecule has 0 bridgehead atoms. The van der Waals surface area contributed by atoms with Crippen molar-refractivity contribution in [3.05, 3.63) is 83.8 Å². The van der Waals surface area contributed by atoms with Gasteiger partial charge in [0.1, 0.15) is 16.9 Å². The molecule has 0 spiro atoms. The third kappa shape index (κ3) is 7.36. The van der Waals surface area contributed by atoms with Gasteiger partial charge < -0.3 is 9.52 Å². The predicted molar refractivity (Wildman–Crippen MR) is 209 cm³/mol. The second-order valence-electron chi connectivity index (χ2n) is 15.4. The SMILES string of the molecule is CC1Sc2ccc3oc4c(-c5[c-]c6ccccc6c(C(C)(C)C)c5)nccc4c3c2C1C.CCC(C)(CC)C(=O)/C=C(\O)C(C)(CC)CC.[Ir]. The first-order valence-electron chi connectivity index (χ1n) is 18.0. The van der Waals surface area contributed by atoms with E-state index in [0.29, 0.717) is 11.2 Å². The quantitative estimate of drug-likeness (QED) is 0.0956. The Morgan fingerprint density at radius 1 is 0.920 bits per heavy atom. The summed E-state index contributed by atoms with van der Waals surface area (Å²) in [6.07, 6.45) is 6.67. The van der Waals surface area contributed by atoms with Crippen molar-refractivity contribution >= 4 is 50.3 Å². The summed E-state index contributed by atoms with van der Waals surface area (Å²) >= 11 is 1.97. The monoisotopic (exact) mass is 869 g/mol. The summed E-state index contributed by atoms with van der Waals surface area (Å²) < 4.78 is 6.49. The maximum Gasteiger partial charge on any atom is 0.164 e. The molecule has 3 aromatic carbocycles. The van der Waals surface area contributed by atoms with E-state index in [1.807, 2.05) is 59.5 Å². The maximum atomic E-state index is 12.2. The Morgan fingerprint density at radius 3 is 2.18 bits per heavy atom. The van der Waals surface area contributed by atoms with Gasteiger partial charge in [0, 0.05) is 69.8 Å². The van der Waals surface area contributed by atoms with E-state index in [-0.39, 0.29) is 47.9 Å². The van der Waals surface area contributed by atoms with Gasteiger partial charge in [-0.2, -0.15) is 0 Å². The topological polar surface area (TPSA) is 63.3 Å². The van der Waals surface area contributed by atoms with Gasteiger partial charge in [-0.25, -0.2) is 0 Å². The van der Waals surface area contributed by atoms with E-state index in [1.54, 1.807) is 0 Å². The molecule has 1 aliphatic heterocycles. The summed E-state index contributed by atoms with van der Waals surface area (Å²) in [5.74, 6) is 0.782. The third-order valence-electron chi connectivity index (χ3n) is 11.5. The van der Waals surface area contributed by atoms with Crippen molar-refractivity contribution in [3.63, 3.8) is 0 Å². The van der Waals surface area contributed by atoms with Crippen LogP contribution in [0.5, 0.6) is 0 Å². The van der Waals surface area contributed by atoms with E-state index in [2.05, 4.69) is 89.2 Å². The smallest absolute Gasteiger partial charge is 0.164 e. The number of benzene rings is 3. The average Bonchev–Trinajstić information content (AvgIpc) is 3.62. The summed E-state index contributed by atoms with van der Waals surface area (Å²) in [6, 6.07) is 20.8. The normalized spacial score (nSPS) is 16.7. The van der Waals surface area contributed by atoms with Gasteiger partial charge in [0.05, 0.1) is 0 Å². The van der Waals surface area contributed by atoms with Gasteiger partial charge in [-0.05, 0) is 60.8 Å². The minimum Gasteiger partial charge on any atom is -0.512 e. The molecule has 3 heterocycles. The molecular formula is C44H54IrNO3S-. The van der Waals surface area contributed by atoms with Crippen molar-refractivity contribution in [2.75, 3.05) is 0 Å². The number of hydrogen-bond acceptors (Lipinski definition) is 5. The van der Waals surface area contributed by atoms with Crippen LogP contribution in [0.3, 0.4) is 0 Å². The number of hydrogen-bond donors (Lipinski definition) is 1. The van der Waals surface area contributed by atoms with Gasteiger partial charge in [0.2, 0.25) is 0 Å². The fourth-order valence-electron chi connectivity index (χ4n) is 6.75. The Bertz CT molecular complexity index is 2030. The van der Waals surface area contributed by atoms with Gasteiger partial charge >= 0.3 is 0 Å². The van der Waals surface area contributed by atoms with Crippen LogP contribution in [0.1, 0.15) is 119 Å². The van der Waals surface area contributed by atoms with Crippen molar-refractivity contribution in [1.82, 2.24) is 4.98 Å². The van der Waals surface area contributed by atoms with E-state index in [9.17, 15) is 9.90 Å². The molecule has 1 radical (unpaired) electrons. The number of allylic oxidation sites excluding steroid dienone is 2. The number of fused-ring (bicyclic) bond motifs is 6. The zero-order valence-electron chi connectivity index (χ0n) is 31.7. The first-order valence-corrected chi connectivity index (χ1v) is 18.9. The Kier molecular flexibility index (Phi) is 12.2. The van der Waals surface area contributed by atoms with Gasteiger partial charge in [0.15, 0.2) is 5.78 Å². The fraction of sp³-hybridized carbons (Fsp3) is 0.455. The number of thioether (sulfide) groups is 1. The summed E-state index contributed by atoms with van der Waals surface area (Å²) in [6.45, 7) is 23.5. The summed E-state index contributed by atoms with van der Waals surface area (Å²) in [5.41, 5.74) is 5.81.